The lowest BCUT2D eigenvalue weighted by Crippen LogP contribution is -2.35. The Morgan fingerprint density at radius 3 is 1.95 bits per heavy atom. The molecule has 3 heterocycles. The fraction of sp³-hybridized carbons (Fsp3) is 0.640. The maximum Gasteiger partial charge on any atom is 0.490 e. The first-order valence-electron chi connectivity index (χ1n) is 12.7. The predicted octanol–water partition coefficient (Wildman–Crippen LogP) is 3.14. The first-order chi connectivity index (χ1) is 18.6. The van der Waals surface area contributed by atoms with E-state index in [4.69, 9.17) is 24.5 Å². The molecule has 3 N–H and O–H groups in total. The number of hydrogen-bond acceptors (Lipinski definition) is 6. The van der Waals surface area contributed by atoms with Gasteiger partial charge in [0.15, 0.2) is 0 Å². The first-order valence-corrected chi connectivity index (χ1v) is 12.7. The summed E-state index contributed by atoms with van der Waals surface area (Å²) < 4.78 is 69.7. The number of aliphatic carboxylic acids is 2. The second-order valence-corrected chi connectivity index (χ2v) is 9.68. The number of carbonyl (C=O) groups excluding carboxylic acids is 1. The van der Waals surface area contributed by atoms with Crippen LogP contribution in [0.25, 0.3) is 0 Å². The third kappa shape index (κ3) is 12.1. The van der Waals surface area contributed by atoms with Crippen molar-refractivity contribution in [2.45, 2.75) is 56.8 Å². The molecule has 0 bridgehead atoms. The Bertz CT molecular complexity index is 919. The van der Waals surface area contributed by atoms with Crippen LogP contribution in [0.5, 0.6) is 0 Å². The number of benzene rings is 1. The summed E-state index contributed by atoms with van der Waals surface area (Å²) in [5.74, 6) is -4.78. The summed E-state index contributed by atoms with van der Waals surface area (Å²) in [4.78, 5) is 34.9. The maximum atomic E-state index is 12.2. The summed E-state index contributed by atoms with van der Waals surface area (Å²) in [7, 11) is 0. The summed E-state index contributed by atoms with van der Waals surface area (Å²) in [5, 5.41) is 17.3. The van der Waals surface area contributed by atoms with Crippen molar-refractivity contribution < 1.29 is 55.7 Å². The minimum absolute atomic E-state index is 0.107. The summed E-state index contributed by atoms with van der Waals surface area (Å²) in [6.07, 6.45) is -5.61. The zero-order valence-corrected chi connectivity index (χ0v) is 21.6. The molecule has 3 saturated heterocycles. The number of carboxylic acids is 2. The molecule has 1 aromatic rings. The number of hydrogen-bond donors (Lipinski definition) is 3. The average Bonchev–Trinajstić information content (AvgIpc) is 3.57. The van der Waals surface area contributed by atoms with E-state index in [0.717, 1.165) is 39.1 Å². The van der Waals surface area contributed by atoms with E-state index in [1.54, 1.807) is 0 Å². The molecule has 40 heavy (non-hydrogen) atoms. The second kappa shape index (κ2) is 15.2. The van der Waals surface area contributed by atoms with Crippen molar-refractivity contribution in [2.75, 3.05) is 39.3 Å². The topological polar surface area (TPSA) is 119 Å². The molecule has 3 atom stereocenters. The van der Waals surface area contributed by atoms with Gasteiger partial charge in [-0.25, -0.2) is 9.59 Å². The Hall–Kier alpha value is -2.91. The van der Waals surface area contributed by atoms with Crippen molar-refractivity contribution in [2.24, 2.45) is 5.92 Å². The molecule has 1 aromatic carbocycles. The van der Waals surface area contributed by atoms with E-state index >= 15 is 0 Å². The zero-order chi connectivity index (χ0) is 29.9. The van der Waals surface area contributed by atoms with Crippen molar-refractivity contribution >= 4 is 17.8 Å². The normalized spacial score (nSPS) is 22.9. The lowest BCUT2D eigenvalue weighted by molar-refractivity contribution is -0.193. The van der Waals surface area contributed by atoms with Crippen LogP contribution >= 0.6 is 0 Å². The number of alkyl halides is 6. The van der Waals surface area contributed by atoms with E-state index in [-0.39, 0.29) is 12.0 Å². The number of carbonyl (C=O) groups is 3. The Morgan fingerprint density at radius 1 is 0.900 bits per heavy atom. The molecule has 3 aliphatic rings. The smallest absolute Gasteiger partial charge is 0.475 e. The lowest BCUT2D eigenvalue weighted by Gasteiger charge is -2.19. The standard InChI is InChI=1S/C21H31N3O2.2C2HF3O2/c25-21(22-8-11-23-9-4-5-10-23)13-19-12-18-15-24(16-20(18)26-19)14-17-6-2-1-3-7-17;2*3-2(4,5)1(6)7/h1-3,6-7,18-20H,4-5,8-16H2,(H,22,25);2*(H,6,7)/t18-,19-,20+;;/m0../s1. The number of fused-ring (bicyclic) bond motifs is 1. The van der Waals surface area contributed by atoms with Crippen LogP contribution in [-0.2, 0) is 25.7 Å². The molecular weight excluding hydrogens is 552 g/mol. The maximum absolute atomic E-state index is 12.2. The van der Waals surface area contributed by atoms with Crippen molar-refractivity contribution in [1.29, 1.82) is 0 Å². The lowest BCUT2D eigenvalue weighted by atomic mass is 10.0. The SMILES string of the molecule is O=C(C[C@@H]1C[C@H]2CN(Cc3ccccc3)C[C@H]2O1)NCCN1CCCC1.O=C(O)C(F)(F)F.O=C(O)C(F)(F)F. The molecular formula is C25H33F6N3O6. The highest BCUT2D eigenvalue weighted by Crippen LogP contribution is 2.34. The van der Waals surface area contributed by atoms with Gasteiger partial charge in [0, 0.05) is 38.6 Å². The molecule has 0 aromatic heterocycles. The van der Waals surface area contributed by atoms with Gasteiger partial charge >= 0.3 is 24.3 Å². The molecule has 226 valence electrons. The van der Waals surface area contributed by atoms with Gasteiger partial charge in [-0.2, -0.15) is 26.3 Å². The highest BCUT2D eigenvalue weighted by molar-refractivity contribution is 5.76. The van der Waals surface area contributed by atoms with Gasteiger partial charge in [-0.1, -0.05) is 30.3 Å². The minimum Gasteiger partial charge on any atom is -0.475 e. The summed E-state index contributed by atoms with van der Waals surface area (Å²) in [5.41, 5.74) is 1.36. The number of likely N-dealkylation sites (tertiary alicyclic amines) is 2. The molecule has 15 heteroatoms. The van der Waals surface area contributed by atoms with Crippen LogP contribution in [0.4, 0.5) is 26.3 Å². The van der Waals surface area contributed by atoms with E-state index in [0.29, 0.717) is 18.4 Å². The molecule has 0 aliphatic carbocycles. The number of ether oxygens (including phenoxy) is 1. The third-order valence-corrected chi connectivity index (χ3v) is 6.49. The summed E-state index contributed by atoms with van der Waals surface area (Å²) in [6.45, 7) is 7.20. The molecule has 4 rings (SSSR count). The molecule has 1 amide bonds. The van der Waals surface area contributed by atoms with Gasteiger partial charge in [0.05, 0.1) is 18.6 Å². The largest absolute Gasteiger partial charge is 0.490 e. The number of nitrogens with one attached hydrogen (secondary N) is 1. The van der Waals surface area contributed by atoms with Crippen LogP contribution in [-0.4, -0.2) is 102 Å². The van der Waals surface area contributed by atoms with Crippen molar-refractivity contribution in [3.05, 3.63) is 35.9 Å². The van der Waals surface area contributed by atoms with Crippen molar-refractivity contribution in [3.63, 3.8) is 0 Å². The van der Waals surface area contributed by atoms with Gasteiger partial charge in [-0.05, 0) is 37.9 Å². The van der Waals surface area contributed by atoms with E-state index in [2.05, 4.69) is 45.4 Å². The molecule has 3 aliphatic heterocycles. The molecule has 0 radical (unpaired) electrons. The number of nitrogens with zero attached hydrogens (tertiary/aromatic N) is 2. The van der Waals surface area contributed by atoms with Crippen LogP contribution in [0, 0.1) is 5.92 Å². The van der Waals surface area contributed by atoms with Gasteiger partial charge in [-0.3, -0.25) is 9.69 Å². The summed E-state index contributed by atoms with van der Waals surface area (Å²) >= 11 is 0. The third-order valence-electron chi connectivity index (χ3n) is 6.49. The van der Waals surface area contributed by atoms with Crippen LogP contribution in [0.2, 0.25) is 0 Å². The molecule has 0 unspecified atom stereocenters. The highest BCUT2D eigenvalue weighted by Gasteiger charge is 2.42. The Kier molecular flexibility index (Phi) is 12.6. The number of carboxylic acid groups (broad SMARTS) is 2. The molecule has 0 spiro atoms. The van der Waals surface area contributed by atoms with Gasteiger partial charge in [0.2, 0.25) is 5.91 Å². The first kappa shape index (κ1) is 33.3. The fourth-order valence-electron chi connectivity index (χ4n) is 4.69. The number of halogens is 6. The fourth-order valence-corrected chi connectivity index (χ4v) is 4.69. The van der Waals surface area contributed by atoms with Gasteiger partial charge in [0.1, 0.15) is 0 Å². The second-order valence-electron chi connectivity index (χ2n) is 9.68. The number of amides is 1. The Morgan fingerprint density at radius 2 is 1.45 bits per heavy atom. The molecule has 0 saturated carbocycles. The number of rotatable bonds is 7. The Labute approximate surface area is 227 Å². The molecule has 9 nitrogen and oxygen atoms in total. The van der Waals surface area contributed by atoms with E-state index in [1.165, 1.54) is 31.5 Å². The minimum atomic E-state index is -5.08. The zero-order valence-electron chi connectivity index (χ0n) is 21.6. The average molecular weight is 586 g/mol. The molecule has 3 fully saturated rings. The van der Waals surface area contributed by atoms with Crippen molar-refractivity contribution in [3.8, 4) is 0 Å². The highest BCUT2D eigenvalue weighted by atomic mass is 19.4. The van der Waals surface area contributed by atoms with E-state index in [1.807, 2.05) is 0 Å². The Balaban J connectivity index is 0.000000333. The van der Waals surface area contributed by atoms with Gasteiger partial charge in [0.25, 0.3) is 0 Å². The van der Waals surface area contributed by atoms with Gasteiger partial charge < -0.3 is 25.2 Å². The van der Waals surface area contributed by atoms with Crippen LogP contribution < -0.4 is 5.32 Å². The van der Waals surface area contributed by atoms with Crippen LogP contribution in [0.1, 0.15) is 31.2 Å². The van der Waals surface area contributed by atoms with Gasteiger partial charge in [-0.15, -0.1) is 0 Å². The van der Waals surface area contributed by atoms with Crippen LogP contribution in [0.15, 0.2) is 30.3 Å². The van der Waals surface area contributed by atoms with Crippen molar-refractivity contribution in [1.82, 2.24) is 15.1 Å². The summed E-state index contributed by atoms with van der Waals surface area (Å²) in [6, 6.07) is 10.6. The van der Waals surface area contributed by atoms with E-state index < -0.39 is 24.3 Å². The van der Waals surface area contributed by atoms with E-state index in [9.17, 15) is 31.1 Å². The van der Waals surface area contributed by atoms with Crippen LogP contribution in [0.3, 0.4) is 0 Å². The monoisotopic (exact) mass is 585 g/mol. The quantitative estimate of drug-likeness (QED) is 0.418. The predicted molar refractivity (Wildman–Crippen MR) is 129 cm³/mol.